The van der Waals surface area contributed by atoms with Gasteiger partial charge >= 0.3 is 5.97 Å². The second kappa shape index (κ2) is 9.67. The first kappa shape index (κ1) is 23.3. The van der Waals surface area contributed by atoms with Crippen molar-refractivity contribution in [1.82, 2.24) is 9.66 Å². The fraction of sp³-hybridized carbons (Fsp3) is 0.111. The molecule has 2 aromatic heterocycles. The van der Waals surface area contributed by atoms with Crippen LogP contribution in [0.25, 0.3) is 33.5 Å². The van der Waals surface area contributed by atoms with Gasteiger partial charge in [-0.15, -0.1) is 0 Å². The second-order valence-corrected chi connectivity index (χ2v) is 8.36. The zero-order valence-electron chi connectivity index (χ0n) is 19.3. The van der Waals surface area contributed by atoms with Crippen LogP contribution in [0, 0.1) is 0 Å². The SMILES string of the molecule is COC(=O)[C@@H](C)Oc1ccc(Cl)cc1C=Nn1c(-c2cc3ccccc3o2)nc2ccccc2c1=O. The summed E-state index contributed by atoms with van der Waals surface area (Å²) in [7, 11) is 1.28. The second-order valence-electron chi connectivity index (χ2n) is 7.93. The standard InChI is InChI=1S/C27H20ClN3O5/c1-16(27(33)34-2)35-23-12-11-19(28)13-18(23)15-29-31-25(24-14-17-7-3-6-10-22(17)36-24)30-21-9-5-4-8-20(21)26(31)32/h3-16H,1-2H3/t16-/m1/s1. The maximum Gasteiger partial charge on any atom is 0.346 e. The molecule has 0 amide bonds. The topological polar surface area (TPSA) is 95.9 Å². The maximum absolute atomic E-state index is 13.5. The first-order valence-corrected chi connectivity index (χ1v) is 11.4. The Hall–Kier alpha value is -4.43. The summed E-state index contributed by atoms with van der Waals surface area (Å²) in [4.78, 5) is 30.0. The lowest BCUT2D eigenvalue weighted by atomic mass is 10.2. The summed E-state index contributed by atoms with van der Waals surface area (Å²) in [6.07, 6.45) is 0.564. The number of benzene rings is 3. The molecule has 5 aromatic rings. The highest BCUT2D eigenvalue weighted by Gasteiger charge is 2.18. The molecule has 5 rings (SSSR count). The van der Waals surface area contributed by atoms with Crippen molar-refractivity contribution in [3.05, 3.63) is 93.7 Å². The summed E-state index contributed by atoms with van der Waals surface area (Å²) >= 11 is 6.20. The minimum atomic E-state index is -0.862. The van der Waals surface area contributed by atoms with Crippen LogP contribution in [0.3, 0.4) is 0 Å². The van der Waals surface area contributed by atoms with Crippen molar-refractivity contribution in [2.24, 2.45) is 5.10 Å². The van der Waals surface area contributed by atoms with E-state index in [1.807, 2.05) is 36.4 Å². The number of hydrogen-bond donors (Lipinski definition) is 0. The number of rotatable bonds is 6. The molecule has 0 aliphatic rings. The Morgan fingerprint density at radius 1 is 1.11 bits per heavy atom. The molecule has 0 fully saturated rings. The van der Waals surface area contributed by atoms with Crippen molar-refractivity contribution >= 4 is 45.7 Å². The van der Waals surface area contributed by atoms with Gasteiger partial charge in [0.2, 0.25) is 5.82 Å². The number of aromatic nitrogens is 2. The Balaban J connectivity index is 1.65. The van der Waals surface area contributed by atoms with Gasteiger partial charge in [-0.05, 0) is 49.4 Å². The molecular formula is C27H20ClN3O5. The van der Waals surface area contributed by atoms with Crippen LogP contribution in [-0.2, 0) is 9.53 Å². The van der Waals surface area contributed by atoms with E-state index in [1.165, 1.54) is 18.0 Å². The molecule has 0 spiro atoms. The van der Waals surface area contributed by atoms with Gasteiger partial charge in [0.15, 0.2) is 11.9 Å². The normalized spacial score (nSPS) is 12.3. The van der Waals surface area contributed by atoms with E-state index in [0.29, 0.717) is 38.6 Å². The molecule has 3 aromatic carbocycles. The van der Waals surface area contributed by atoms with Crippen LogP contribution in [-0.4, -0.2) is 35.1 Å². The van der Waals surface area contributed by atoms with Crippen molar-refractivity contribution in [2.75, 3.05) is 7.11 Å². The minimum Gasteiger partial charge on any atom is -0.478 e. The summed E-state index contributed by atoms with van der Waals surface area (Å²) in [5, 5.41) is 6.14. The quantitative estimate of drug-likeness (QED) is 0.232. The van der Waals surface area contributed by atoms with Gasteiger partial charge in [-0.25, -0.2) is 9.78 Å². The number of ether oxygens (including phenoxy) is 2. The van der Waals surface area contributed by atoms with Crippen molar-refractivity contribution in [3.63, 3.8) is 0 Å². The van der Waals surface area contributed by atoms with Crippen molar-refractivity contribution in [3.8, 4) is 17.3 Å². The smallest absolute Gasteiger partial charge is 0.346 e. The Bertz CT molecular complexity index is 1660. The number of hydrogen-bond acceptors (Lipinski definition) is 7. The minimum absolute atomic E-state index is 0.235. The number of fused-ring (bicyclic) bond motifs is 2. The van der Waals surface area contributed by atoms with Gasteiger partial charge < -0.3 is 13.9 Å². The molecule has 0 saturated carbocycles. The number of esters is 1. The van der Waals surface area contributed by atoms with Gasteiger partial charge in [0.05, 0.1) is 24.2 Å². The number of para-hydroxylation sites is 2. The van der Waals surface area contributed by atoms with Crippen molar-refractivity contribution in [1.29, 1.82) is 0 Å². The molecule has 36 heavy (non-hydrogen) atoms. The van der Waals surface area contributed by atoms with Gasteiger partial charge in [0, 0.05) is 16.0 Å². The largest absolute Gasteiger partial charge is 0.478 e. The van der Waals surface area contributed by atoms with E-state index in [0.717, 1.165) is 5.39 Å². The van der Waals surface area contributed by atoms with E-state index in [4.69, 9.17) is 25.5 Å². The van der Waals surface area contributed by atoms with E-state index in [2.05, 4.69) is 10.1 Å². The average Bonchev–Trinajstić information content (AvgIpc) is 3.33. The zero-order valence-corrected chi connectivity index (χ0v) is 20.1. The van der Waals surface area contributed by atoms with Crippen LogP contribution in [0.1, 0.15) is 12.5 Å². The van der Waals surface area contributed by atoms with Crippen molar-refractivity contribution in [2.45, 2.75) is 13.0 Å². The summed E-state index contributed by atoms with van der Waals surface area (Å²) < 4.78 is 17.7. The van der Waals surface area contributed by atoms with Crippen LogP contribution >= 0.6 is 11.6 Å². The molecule has 0 radical (unpaired) electrons. The fourth-order valence-electron chi connectivity index (χ4n) is 3.73. The summed E-state index contributed by atoms with van der Waals surface area (Å²) in [6, 6.07) is 21.2. The van der Waals surface area contributed by atoms with Crippen molar-refractivity contribution < 1.29 is 18.7 Å². The predicted octanol–water partition coefficient (Wildman–Crippen LogP) is 5.29. The van der Waals surface area contributed by atoms with Crippen LogP contribution in [0.2, 0.25) is 5.02 Å². The highest BCUT2D eigenvalue weighted by Crippen LogP contribution is 2.27. The molecular weight excluding hydrogens is 482 g/mol. The molecule has 0 unspecified atom stereocenters. The molecule has 0 aliphatic carbocycles. The third kappa shape index (κ3) is 4.46. The first-order chi connectivity index (χ1) is 17.4. The predicted molar refractivity (Wildman–Crippen MR) is 138 cm³/mol. The number of furan rings is 1. The molecule has 0 bridgehead atoms. The molecule has 9 heteroatoms. The lowest BCUT2D eigenvalue weighted by Crippen LogP contribution is -2.25. The van der Waals surface area contributed by atoms with Crippen LogP contribution < -0.4 is 10.3 Å². The molecule has 180 valence electrons. The van der Waals surface area contributed by atoms with Gasteiger partial charge in [0.25, 0.3) is 5.56 Å². The van der Waals surface area contributed by atoms with E-state index >= 15 is 0 Å². The Kier molecular flexibility index (Phi) is 6.26. The Morgan fingerprint density at radius 2 is 1.89 bits per heavy atom. The highest BCUT2D eigenvalue weighted by atomic mass is 35.5. The van der Waals surface area contributed by atoms with Crippen LogP contribution in [0.5, 0.6) is 5.75 Å². The van der Waals surface area contributed by atoms with E-state index in [-0.39, 0.29) is 11.4 Å². The molecule has 0 saturated heterocycles. The monoisotopic (exact) mass is 501 g/mol. The van der Waals surface area contributed by atoms with E-state index in [1.54, 1.807) is 43.3 Å². The third-order valence-electron chi connectivity index (χ3n) is 5.52. The Morgan fingerprint density at radius 3 is 2.69 bits per heavy atom. The summed E-state index contributed by atoms with van der Waals surface area (Å²) in [5.41, 5.74) is 1.25. The molecule has 8 nitrogen and oxygen atoms in total. The van der Waals surface area contributed by atoms with E-state index < -0.39 is 12.1 Å². The summed E-state index contributed by atoms with van der Waals surface area (Å²) in [5.74, 6) is 0.430. The van der Waals surface area contributed by atoms with Gasteiger partial charge in [-0.1, -0.05) is 41.9 Å². The number of carbonyl (C=O) groups excluding carboxylic acids is 1. The molecule has 2 heterocycles. The number of halogens is 1. The first-order valence-electron chi connectivity index (χ1n) is 11.0. The molecule has 0 aliphatic heterocycles. The van der Waals surface area contributed by atoms with Gasteiger partial charge in [-0.3, -0.25) is 4.79 Å². The van der Waals surface area contributed by atoms with Crippen LogP contribution in [0.15, 0.2) is 87.1 Å². The number of carbonyl (C=O) groups is 1. The summed E-state index contributed by atoms with van der Waals surface area (Å²) in [6.45, 7) is 1.57. The molecule has 1 atom stereocenters. The Labute approximate surface area is 210 Å². The zero-order chi connectivity index (χ0) is 25.2. The fourth-order valence-corrected chi connectivity index (χ4v) is 3.91. The third-order valence-corrected chi connectivity index (χ3v) is 5.76. The lowest BCUT2D eigenvalue weighted by molar-refractivity contribution is -0.147. The highest BCUT2D eigenvalue weighted by molar-refractivity contribution is 6.30. The number of methoxy groups -OCH3 is 1. The number of nitrogens with zero attached hydrogens (tertiary/aromatic N) is 3. The van der Waals surface area contributed by atoms with Gasteiger partial charge in [0.1, 0.15) is 11.3 Å². The molecule has 0 N–H and O–H groups in total. The maximum atomic E-state index is 13.5. The van der Waals surface area contributed by atoms with E-state index in [9.17, 15) is 9.59 Å². The van der Waals surface area contributed by atoms with Crippen LogP contribution in [0.4, 0.5) is 0 Å². The van der Waals surface area contributed by atoms with Gasteiger partial charge in [-0.2, -0.15) is 9.78 Å². The lowest BCUT2D eigenvalue weighted by Gasteiger charge is -2.14. The average molecular weight is 502 g/mol.